The normalized spacial score (nSPS) is 20.3. The van der Waals surface area contributed by atoms with Crippen molar-refractivity contribution in [1.29, 1.82) is 0 Å². The predicted octanol–water partition coefficient (Wildman–Crippen LogP) is 5.79. The van der Waals surface area contributed by atoms with Gasteiger partial charge < -0.3 is 20.1 Å². The molecule has 0 radical (unpaired) electrons. The van der Waals surface area contributed by atoms with Crippen LogP contribution in [0, 0.1) is 5.92 Å². The Labute approximate surface area is 193 Å². The topological polar surface area (TPSA) is 74.2 Å². The number of alkyl halides is 3. The zero-order valence-corrected chi connectivity index (χ0v) is 19.5. The highest BCUT2D eigenvalue weighted by Gasteiger charge is 2.43. The van der Waals surface area contributed by atoms with Gasteiger partial charge in [0.1, 0.15) is 6.61 Å². The van der Waals surface area contributed by atoms with Gasteiger partial charge in [-0.2, -0.15) is 13.2 Å². The number of carboxylic acid groups (broad SMARTS) is 1. The molecule has 1 saturated carbocycles. The first-order chi connectivity index (χ1) is 15.5. The molecule has 0 spiro atoms. The van der Waals surface area contributed by atoms with Crippen LogP contribution in [0.3, 0.4) is 0 Å². The average Bonchev–Trinajstić information content (AvgIpc) is 3.21. The van der Waals surface area contributed by atoms with Gasteiger partial charge in [-0.05, 0) is 42.4 Å². The number of nitrogens with zero attached hydrogens (tertiary/aromatic N) is 2. The van der Waals surface area contributed by atoms with E-state index in [1.165, 1.54) is 6.42 Å². The molecule has 1 aliphatic carbocycles. The molecule has 1 unspecified atom stereocenters. The van der Waals surface area contributed by atoms with Gasteiger partial charge in [-0.25, -0.2) is 4.99 Å². The molecular weight excluding hydrogens is 435 g/mol. The summed E-state index contributed by atoms with van der Waals surface area (Å²) in [4.78, 5) is 17.2. The maximum Gasteiger partial charge on any atom is 0.414 e. The van der Waals surface area contributed by atoms with Crippen LogP contribution in [0.5, 0.6) is 0 Å². The molecule has 0 saturated heterocycles. The average molecular weight is 470 g/mol. The number of anilines is 2. The number of ether oxygens (including phenoxy) is 1. The number of carboxylic acids is 1. The minimum atomic E-state index is -4.46. The van der Waals surface area contributed by atoms with E-state index in [4.69, 9.17) is 4.74 Å². The molecule has 1 aromatic carbocycles. The highest BCUT2D eigenvalue weighted by Crippen LogP contribution is 2.36. The van der Waals surface area contributed by atoms with Crippen LogP contribution in [-0.4, -0.2) is 48.5 Å². The summed E-state index contributed by atoms with van der Waals surface area (Å²) in [6.07, 6.45) is 1.15. The Hall–Kier alpha value is -2.45. The van der Waals surface area contributed by atoms with Crippen LogP contribution in [0.4, 0.5) is 24.5 Å². The monoisotopic (exact) mass is 469 g/mol. The summed E-state index contributed by atoms with van der Waals surface area (Å²) in [7, 11) is 0. The molecule has 1 aromatic rings. The van der Waals surface area contributed by atoms with Crippen molar-refractivity contribution in [2.45, 2.75) is 83.5 Å². The van der Waals surface area contributed by atoms with Crippen LogP contribution in [-0.2, 0) is 9.53 Å². The minimum absolute atomic E-state index is 0.0370. The van der Waals surface area contributed by atoms with Gasteiger partial charge in [-0.15, -0.1) is 0 Å². The maximum atomic E-state index is 13.1. The van der Waals surface area contributed by atoms with Crippen molar-refractivity contribution < 1.29 is 27.8 Å². The van der Waals surface area contributed by atoms with Crippen molar-refractivity contribution in [3.05, 3.63) is 23.8 Å². The molecular formula is C24H34F3N3O3. The van der Waals surface area contributed by atoms with E-state index in [0.717, 1.165) is 43.5 Å². The molecule has 0 bridgehead atoms. The Balaban J connectivity index is 1.97. The molecule has 1 heterocycles. The quantitative estimate of drug-likeness (QED) is 0.504. The zero-order valence-electron chi connectivity index (χ0n) is 19.5. The fourth-order valence-electron chi connectivity index (χ4n) is 4.55. The summed E-state index contributed by atoms with van der Waals surface area (Å²) in [5, 5.41) is 12.2. The van der Waals surface area contributed by atoms with Gasteiger partial charge in [0.25, 0.3) is 6.02 Å². The lowest BCUT2D eigenvalue weighted by Gasteiger charge is -2.38. The van der Waals surface area contributed by atoms with Crippen LogP contribution in [0.25, 0.3) is 0 Å². The Morgan fingerprint density at radius 1 is 1.24 bits per heavy atom. The summed E-state index contributed by atoms with van der Waals surface area (Å²) >= 11 is 0. The number of aliphatic carboxylic acids is 1. The fourth-order valence-corrected chi connectivity index (χ4v) is 4.55. The number of amidine groups is 1. The van der Waals surface area contributed by atoms with E-state index in [9.17, 15) is 23.1 Å². The maximum absolute atomic E-state index is 13.1. The first-order valence-corrected chi connectivity index (χ1v) is 11.7. The lowest BCUT2D eigenvalue weighted by Crippen LogP contribution is -2.40. The van der Waals surface area contributed by atoms with Crippen molar-refractivity contribution in [3.8, 4) is 0 Å². The van der Waals surface area contributed by atoms with Gasteiger partial charge in [-0.1, -0.05) is 46.1 Å². The second-order valence-electron chi connectivity index (χ2n) is 9.54. The van der Waals surface area contributed by atoms with Gasteiger partial charge in [0, 0.05) is 12.6 Å². The first kappa shape index (κ1) is 25.2. The van der Waals surface area contributed by atoms with E-state index in [-0.39, 0.29) is 18.4 Å². The van der Waals surface area contributed by atoms with Crippen LogP contribution in [0.2, 0.25) is 0 Å². The third-order valence-electron chi connectivity index (χ3n) is 6.23. The number of aliphatic imine (C=N–C) groups is 1. The molecule has 2 aliphatic rings. The van der Waals surface area contributed by atoms with Gasteiger partial charge in [0.05, 0.1) is 17.8 Å². The highest BCUT2D eigenvalue weighted by atomic mass is 19.4. The van der Waals surface area contributed by atoms with Crippen molar-refractivity contribution in [2.24, 2.45) is 10.9 Å². The van der Waals surface area contributed by atoms with E-state index >= 15 is 0 Å². The van der Waals surface area contributed by atoms with Crippen molar-refractivity contribution in [2.75, 3.05) is 23.4 Å². The molecule has 1 aliphatic heterocycles. The molecule has 184 valence electrons. The molecule has 33 heavy (non-hydrogen) atoms. The number of nitrogens with one attached hydrogen (secondary N) is 1. The predicted molar refractivity (Wildman–Crippen MR) is 123 cm³/mol. The highest BCUT2D eigenvalue weighted by molar-refractivity contribution is 5.94. The molecule has 3 rings (SSSR count). The van der Waals surface area contributed by atoms with Crippen LogP contribution < -0.4 is 10.2 Å². The minimum Gasteiger partial charge on any atom is -0.481 e. The van der Waals surface area contributed by atoms with E-state index in [1.54, 1.807) is 0 Å². The lowest BCUT2D eigenvalue weighted by molar-refractivity contribution is -0.149. The third kappa shape index (κ3) is 6.77. The lowest BCUT2D eigenvalue weighted by atomic mass is 9.92. The zero-order chi connectivity index (χ0) is 24.2. The standard InChI is InChI=1S/C24H34F3N3O3/c1-15(2)13-30(18-7-5-4-6-8-18)20-10-9-17(16(3)11-22(31)32)12-19(20)28-23-29-21(14-33-23)24(25,26)27/h9-10,12,15-16,18,21H,4-8,11,13-14H2,1-3H3,(H,28,29)(H,31,32)/t16?,21-/m0/s1. The molecule has 0 amide bonds. The van der Waals surface area contributed by atoms with Crippen molar-refractivity contribution in [3.63, 3.8) is 0 Å². The summed E-state index contributed by atoms with van der Waals surface area (Å²) in [6.45, 7) is 6.37. The fraction of sp³-hybridized carbons (Fsp3) is 0.667. The Bertz CT molecular complexity index is 851. The number of hydrogen-bond acceptors (Lipinski definition) is 5. The SMILES string of the molecule is CC(C)CN(c1ccc(C(C)CC(=O)O)cc1NC1=N[C@H](C(F)(F)F)CO1)C1CCCCC1. The van der Waals surface area contributed by atoms with Crippen molar-refractivity contribution in [1.82, 2.24) is 0 Å². The molecule has 9 heteroatoms. The second kappa shape index (κ2) is 10.7. The number of carbonyl (C=O) groups is 1. The molecule has 0 aromatic heterocycles. The number of benzene rings is 1. The Morgan fingerprint density at radius 2 is 1.94 bits per heavy atom. The summed E-state index contributed by atoms with van der Waals surface area (Å²) in [5.74, 6) is -0.763. The number of rotatable bonds is 8. The van der Waals surface area contributed by atoms with Crippen molar-refractivity contribution >= 4 is 23.4 Å². The Kier molecular flexibility index (Phi) is 8.13. The van der Waals surface area contributed by atoms with Crippen LogP contribution in [0.15, 0.2) is 23.2 Å². The van der Waals surface area contributed by atoms with E-state index in [0.29, 0.717) is 17.6 Å². The summed E-state index contributed by atoms with van der Waals surface area (Å²) in [5.41, 5.74) is 2.27. The summed E-state index contributed by atoms with van der Waals surface area (Å²) < 4.78 is 44.5. The molecule has 2 N–H and O–H groups in total. The van der Waals surface area contributed by atoms with Gasteiger partial charge in [-0.3, -0.25) is 4.79 Å². The number of halogens is 3. The van der Waals surface area contributed by atoms with Gasteiger partial charge in [0.2, 0.25) is 0 Å². The van der Waals surface area contributed by atoms with Crippen LogP contribution >= 0.6 is 0 Å². The Morgan fingerprint density at radius 3 is 2.52 bits per heavy atom. The van der Waals surface area contributed by atoms with Gasteiger partial charge >= 0.3 is 12.1 Å². The summed E-state index contributed by atoms with van der Waals surface area (Å²) in [6, 6.07) is 3.99. The first-order valence-electron chi connectivity index (χ1n) is 11.7. The smallest absolute Gasteiger partial charge is 0.414 e. The second-order valence-corrected chi connectivity index (χ2v) is 9.54. The van der Waals surface area contributed by atoms with E-state index in [2.05, 4.69) is 29.1 Å². The molecule has 2 atom stereocenters. The molecule has 1 fully saturated rings. The number of hydrogen-bond donors (Lipinski definition) is 2. The van der Waals surface area contributed by atoms with Crippen LogP contribution in [0.1, 0.15) is 70.8 Å². The van der Waals surface area contributed by atoms with E-state index < -0.39 is 24.8 Å². The molecule has 6 nitrogen and oxygen atoms in total. The third-order valence-corrected chi connectivity index (χ3v) is 6.23. The van der Waals surface area contributed by atoms with Gasteiger partial charge in [0.15, 0.2) is 6.04 Å². The van der Waals surface area contributed by atoms with E-state index in [1.807, 2.05) is 25.1 Å². The largest absolute Gasteiger partial charge is 0.481 e.